The van der Waals surface area contributed by atoms with Gasteiger partial charge in [0.25, 0.3) is 0 Å². The van der Waals surface area contributed by atoms with Gasteiger partial charge in [-0.3, -0.25) is 4.90 Å². The highest BCUT2D eigenvalue weighted by Crippen LogP contribution is 2.39. The van der Waals surface area contributed by atoms with Gasteiger partial charge in [-0.1, -0.05) is 17.3 Å². The predicted molar refractivity (Wildman–Crippen MR) is 95.8 cm³/mol. The van der Waals surface area contributed by atoms with E-state index < -0.39 is 0 Å². The van der Waals surface area contributed by atoms with Crippen molar-refractivity contribution in [2.75, 3.05) is 6.54 Å². The molecule has 6 heteroatoms. The van der Waals surface area contributed by atoms with E-state index >= 15 is 0 Å². The Kier molecular flexibility index (Phi) is 4.39. The first-order valence-electron chi connectivity index (χ1n) is 8.51. The molecule has 1 aromatic carbocycles. The Balaban J connectivity index is 1.58. The van der Waals surface area contributed by atoms with Crippen LogP contribution in [-0.4, -0.2) is 21.6 Å². The summed E-state index contributed by atoms with van der Waals surface area (Å²) in [5.41, 5.74) is 2.60. The van der Waals surface area contributed by atoms with Gasteiger partial charge in [-0.05, 0) is 67.3 Å². The summed E-state index contributed by atoms with van der Waals surface area (Å²) in [4.78, 5) is 6.94. The van der Waals surface area contributed by atoms with Crippen molar-refractivity contribution in [3.05, 3.63) is 57.9 Å². The van der Waals surface area contributed by atoms with Crippen molar-refractivity contribution in [2.24, 2.45) is 0 Å². The molecule has 2 atom stereocenters. The van der Waals surface area contributed by atoms with Crippen LogP contribution in [0.4, 0.5) is 4.39 Å². The third-order valence-electron chi connectivity index (χ3n) is 4.95. The van der Waals surface area contributed by atoms with Crippen molar-refractivity contribution < 1.29 is 8.91 Å². The van der Waals surface area contributed by atoms with Crippen molar-refractivity contribution in [1.82, 2.24) is 15.0 Å². The zero-order chi connectivity index (χ0) is 17.4. The lowest BCUT2D eigenvalue weighted by Gasteiger charge is -2.27. The smallest absolute Gasteiger partial charge is 0.244 e. The number of likely N-dealkylation sites (tertiary alicyclic amines) is 1. The highest BCUT2D eigenvalue weighted by molar-refractivity contribution is 7.07. The Labute approximate surface area is 150 Å². The van der Waals surface area contributed by atoms with E-state index in [1.54, 1.807) is 24.3 Å². The Hall–Kier alpha value is -2.05. The van der Waals surface area contributed by atoms with E-state index in [4.69, 9.17) is 4.52 Å². The minimum atomic E-state index is -0.256. The van der Waals surface area contributed by atoms with Gasteiger partial charge in [-0.25, -0.2) is 4.39 Å². The summed E-state index contributed by atoms with van der Waals surface area (Å²) in [6.07, 6.45) is 2.31. The van der Waals surface area contributed by atoms with Gasteiger partial charge in [0.05, 0.1) is 6.04 Å². The summed E-state index contributed by atoms with van der Waals surface area (Å²) in [5, 5.41) is 8.39. The molecule has 0 spiro atoms. The van der Waals surface area contributed by atoms with E-state index in [9.17, 15) is 4.39 Å². The van der Waals surface area contributed by atoms with E-state index in [2.05, 4.69) is 38.8 Å². The van der Waals surface area contributed by atoms with Crippen molar-refractivity contribution in [3.63, 3.8) is 0 Å². The van der Waals surface area contributed by atoms with Gasteiger partial charge >= 0.3 is 0 Å². The Morgan fingerprint density at radius 3 is 3.00 bits per heavy atom. The molecule has 0 amide bonds. The van der Waals surface area contributed by atoms with Crippen molar-refractivity contribution in [1.29, 1.82) is 0 Å². The first-order valence-corrected chi connectivity index (χ1v) is 9.46. The monoisotopic (exact) mass is 357 g/mol. The number of halogens is 1. The predicted octanol–water partition coefficient (Wildman–Crippen LogP) is 5.14. The molecule has 1 aliphatic rings. The summed E-state index contributed by atoms with van der Waals surface area (Å²) >= 11 is 1.73. The number of benzene rings is 1. The van der Waals surface area contributed by atoms with Crippen LogP contribution in [0, 0.1) is 12.7 Å². The molecule has 3 aromatic rings. The van der Waals surface area contributed by atoms with E-state index in [-0.39, 0.29) is 11.9 Å². The molecular formula is C19H20FN3OS. The third kappa shape index (κ3) is 3.12. The van der Waals surface area contributed by atoms with E-state index in [0.29, 0.717) is 28.9 Å². The fraction of sp³-hybridized carbons (Fsp3) is 0.368. The zero-order valence-corrected chi connectivity index (χ0v) is 15.1. The molecule has 0 saturated carbocycles. The fourth-order valence-corrected chi connectivity index (χ4v) is 4.18. The number of rotatable bonds is 4. The molecule has 25 heavy (non-hydrogen) atoms. The van der Waals surface area contributed by atoms with E-state index in [1.807, 2.05) is 6.07 Å². The topological polar surface area (TPSA) is 42.2 Å². The molecule has 2 aromatic heterocycles. The summed E-state index contributed by atoms with van der Waals surface area (Å²) < 4.78 is 19.3. The van der Waals surface area contributed by atoms with Crippen LogP contribution in [0.25, 0.3) is 11.4 Å². The minimum absolute atomic E-state index is 0.0314. The molecule has 1 aliphatic heterocycles. The summed E-state index contributed by atoms with van der Waals surface area (Å²) in [7, 11) is 0. The van der Waals surface area contributed by atoms with Crippen molar-refractivity contribution >= 4 is 11.3 Å². The number of aromatic nitrogens is 2. The van der Waals surface area contributed by atoms with Crippen LogP contribution < -0.4 is 0 Å². The van der Waals surface area contributed by atoms with Crippen LogP contribution in [-0.2, 0) is 0 Å². The molecule has 0 unspecified atom stereocenters. The van der Waals surface area contributed by atoms with Gasteiger partial charge in [-0.2, -0.15) is 16.3 Å². The number of thiophene rings is 1. The maximum Gasteiger partial charge on any atom is 0.244 e. The number of hydrogen-bond donors (Lipinski definition) is 0. The van der Waals surface area contributed by atoms with Gasteiger partial charge in [-0.15, -0.1) is 0 Å². The molecule has 0 radical (unpaired) electrons. The molecule has 1 saturated heterocycles. The van der Waals surface area contributed by atoms with E-state index in [0.717, 1.165) is 19.4 Å². The quantitative estimate of drug-likeness (QED) is 0.648. The van der Waals surface area contributed by atoms with Crippen LogP contribution in [0.2, 0.25) is 0 Å². The Morgan fingerprint density at radius 2 is 2.24 bits per heavy atom. The number of aryl methyl sites for hydroxylation is 1. The summed E-state index contributed by atoms with van der Waals surface area (Å²) in [6.45, 7) is 4.84. The van der Waals surface area contributed by atoms with Gasteiger partial charge < -0.3 is 4.52 Å². The molecule has 4 nitrogen and oxygen atoms in total. The highest BCUT2D eigenvalue weighted by atomic mass is 32.1. The van der Waals surface area contributed by atoms with Crippen LogP contribution >= 0.6 is 11.3 Å². The molecular weight excluding hydrogens is 337 g/mol. The average Bonchev–Trinajstić information content (AvgIpc) is 3.36. The maximum absolute atomic E-state index is 13.8. The first kappa shape index (κ1) is 16.4. The summed E-state index contributed by atoms with van der Waals surface area (Å²) in [5.74, 6) is 0.763. The molecule has 1 fully saturated rings. The molecule has 0 N–H and O–H groups in total. The molecule has 3 heterocycles. The van der Waals surface area contributed by atoms with E-state index in [1.165, 1.54) is 11.6 Å². The minimum Gasteiger partial charge on any atom is -0.337 e. The summed E-state index contributed by atoms with van der Waals surface area (Å²) in [6, 6.07) is 7.63. The first-order chi connectivity index (χ1) is 12.1. The molecule has 0 aliphatic carbocycles. The van der Waals surface area contributed by atoms with Crippen LogP contribution in [0.5, 0.6) is 0 Å². The Morgan fingerprint density at radius 1 is 1.36 bits per heavy atom. The van der Waals surface area contributed by atoms with Crippen LogP contribution in [0.1, 0.15) is 48.9 Å². The average molecular weight is 357 g/mol. The molecule has 0 bridgehead atoms. The second-order valence-electron chi connectivity index (χ2n) is 6.55. The van der Waals surface area contributed by atoms with Crippen molar-refractivity contribution in [2.45, 2.75) is 38.8 Å². The number of hydrogen-bond acceptors (Lipinski definition) is 5. The fourth-order valence-electron chi connectivity index (χ4n) is 3.47. The molecule has 130 valence electrons. The SMILES string of the molecule is Cc1ccc(-c2noc([C@H](C)N3CCC[C@@H]3c3ccsc3)n2)cc1F. The van der Waals surface area contributed by atoms with Crippen molar-refractivity contribution in [3.8, 4) is 11.4 Å². The van der Waals surface area contributed by atoms with Gasteiger partial charge in [0.2, 0.25) is 11.7 Å². The third-order valence-corrected chi connectivity index (χ3v) is 5.65. The number of nitrogens with zero attached hydrogens (tertiary/aromatic N) is 3. The standard InChI is InChI=1S/C19H20FN3OS/c1-12-5-6-14(10-16(12)20)18-21-19(24-22-18)13(2)23-8-3-4-17(23)15-7-9-25-11-15/h5-7,9-11,13,17H,3-4,8H2,1-2H3/t13-,17+/m0/s1. The normalized spacial score (nSPS) is 19.4. The van der Waals surface area contributed by atoms with Gasteiger partial charge in [0.1, 0.15) is 5.82 Å². The molecule has 4 rings (SSSR count). The zero-order valence-electron chi connectivity index (χ0n) is 14.3. The largest absolute Gasteiger partial charge is 0.337 e. The van der Waals surface area contributed by atoms with Crippen LogP contribution in [0.15, 0.2) is 39.5 Å². The van der Waals surface area contributed by atoms with Crippen LogP contribution in [0.3, 0.4) is 0 Å². The van der Waals surface area contributed by atoms with Gasteiger partial charge in [0, 0.05) is 11.6 Å². The van der Waals surface area contributed by atoms with Gasteiger partial charge in [0.15, 0.2) is 0 Å². The second-order valence-corrected chi connectivity index (χ2v) is 7.33. The lowest BCUT2D eigenvalue weighted by Crippen LogP contribution is -2.26. The lowest BCUT2D eigenvalue weighted by atomic mass is 10.1. The second kappa shape index (κ2) is 6.69. The highest BCUT2D eigenvalue weighted by Gasteiger charge is 2.33. The maximum atomic E-state index is 13.8. The lowest BCUT2D eigenvalue weighted by molar-refractivity contribution is 0.159. The Bertz CT molecular complexity index is 861.